The van der Waals surface area contributed by atoms with Crippen LogP contribution in [-0.4, -0.2) is 73.0 Å². The van der Waals surface area contributed by atoms with E-state index in [1.54, 1.807) is 13.3 Å². The molecule has 2 rings (SSSR count). The largest absolute Gasteiger partial charge is 0.489 e. The molecule has 1 aromatic rings. The van der Waals surface area contributed by atoms with E-state index >= 15 is 0 Å². The SMILES string of the molecule is CP(C)(=O)CN1CCCC(NC(=O)c2ccc(B(O)O)c(C=O)c2)C1. The van der Waals surface area contributed by atoms with Gasteiger partial charge in [-0.15, -0.1) is 0 Å². The van der Waals surface area contributed by atoms with Crippen LogP contribution in [0.5, 0.6) is 0 Å². The quantitative estimate of drug-likeness (QED) is 0.370. The highest BCUT2D eigenvalue weighted by Crippen LogP contribution is 2.37. The zero-order chi connectivity index (χ0) is 18.6. The Morgan fingerprint density at radius 1 is 1.44 bits per heavy atom. The first kappa shape index (κ1) is 19.9. The van der Waals surface area contributed by atoms with Crippen LogP contribution in [0.15, 0.2) is 18.2 Å². The number of rotatable bonds is 6. The van der Waals surface area contributed by atoms with Crippen molar-refractivity contribution >= 4 is 31.9 Å². The molecule has 1 atom stereocenters. The van der Waals surface area contributed by atoms with Gasteiger partial charge in [-0.05, 0) is 50.3 Å². The summed E-state index contributed by atoms with van der Waals surface area (Å²) < 4.78 is 12.0. The maximum atomic E-state index is 12.4. The van der Waals surface area contributed by atoms with Crippen LogP contribution in [0.1, 0.15) is 33.6 Å². The van der Waals surface area contributed by atoms with Gasteiger partial charge in [0.15, 0.2) is 0 Å². The van der Waals surface area contributed by atoms with Gasteiger partial charge in [-0.1, -0.05) is 6.07 Å². The standard InChI is InChI=1S/C16H24BN2O5P/c1-25(2,24)11-19-7-3-4-14(9-19)18-16(21)12-5-6-15(17(22)23)13(8-12)10-20/h5-6,8,10,14,22-23H,3-4,7,9,11H2,1-2H3,(H,18,21). The summed E-state index contributed by atoms with van der Waals surface area (Å²) in [4.78, 5) is 25.6. The first-order valence-corrected chi connectivity index (χ1v) is 11.0. The maximum Gasteiger partial charge on any atom is 0.489 e. The first-order valence-electron chi connectivity index (χ1n) is 8.22. The van der Waals surface area contributed by atoms with Crippen molar-refractivity contribution in [2.45, 2.75) is 18.9 Å². The molecule has 0 radical (unpaired) electrons. The van der Waals surface area contributed by atoms with Crippen LogP contribution >= 0.6 is 7.14 Å². The second kappa shape index (κ2) is 8.28. The monoisotopic (exact) mass is 366 g/mol. The molecule has 1 aliphatic heterocycles. The molecule has 0 aromatic heterocycles. The van der Waals surface area contributed by atoms with Gasteiger partial charge in [0.25, 0.3) is 5.91 Å². The van der Waals surface area contributed by atoms with E-state index in [4.69, 9.17) is 0 Å². The van der Waals surface area contributed by atoms with Gasteiger partial charge in [0.1, 0.15) is 6.29 Å². The van der Waals surface area contributed by atoms with Crippen LogP contribution in [0.4, 0.5) is 0 Å². The summed E-state index contributed by atoms with van der Waals surface area (Å²) in [5.41, 5.74) is 0.433. The number of carbonyl (C=O) groups excluding carboxylic acids is 2. The smallest absolute Gasteiger partial charge is 0.423 e. The van der Waals surface area contributed by atoms with Gasteiger partial charge in [-0.3, -0.25) is 14.5 Å². The van der Waals surface area contributed by atoms with E-state index in [9.17, 15) is 24.2 Å². The lowest BCUT2D eigenvalue weighted by atomic mass is 9.77. The van der Waals surface area contributed by atoms with E-state index < -0.39 is 14.3 Å². The third-order valence-corrected chi connectivity index (χ3v) is 5.22. The van der Waals surface area contributed by atoms with E-state index in [0.29, 0.717) is 24.7 Å². The summed E-state index contributed by atoms with van der Waals surface area (Å²) >= 11 is 0. The molecule has 7 nitrogen and oxygen atoms in total. The summed E-state index contributed by atoms with van der Waals surface area (Å²) in [5.74, 6) is -0.315. The molecule has 1 amide bonds. The van der Waals surface area contributed by atoms with Crippen molar-refractivity contribution in [3.63, 3.8) is 0 Å². The summed E-state index contributed by atoms with van der Waals surface area (Å²) in [6, 6.07) is 4.13. The normalized spacial score (nSPS) is 18.6. The average molecular weight is 366 g/mol. The maximum absolute atomic E-state index is 12.4. The number of nitrogens with zero attached hydrogens (tertiary/aromatic N) is 1. The van der Waals surface area contributed by atoms with Gasteiger partial charge in [-0.2, -0.15) is 0 Å². The van der Waals surface area contributed by atoms with Crippen molar-refractivity contribution in [3.05, 3.63) is 29.3 Å². The number of amides is 1. The Labute approximate surface area is 147 Å². The molecular weight excluding hydrogens is 342 g/mol. The molecule has 1 unspecified atom stereocenters. The van der Waals surface area contributed by atoms with Crippen LogP contribution < -0.4 is 10.8 Å². The predicted octanol–water partition coefficient (Wildman–Crippen LogP) is -0.0467. The Kier molecular flexibility index (Phi) is 6.57. The first-order chi connectivity index (χ1) is 11.7. The number of carbonyl (C=O) groups is 2. The molecule has 9 heteroatoms. The number of benzene rings is 1. The van der Waals surface area contributed by atoms with Gasteiger partial charge in [0, 0.05) is 23.7 Å². The van der Waals surface area contributed by atoms with Crippen LogP contribution in [0, 0.1) is 0 Å². The van der Waals surface area contributed by atoms with Crippen molar-refractivity contribution in [1.82, 2.24) is 10.2 Å². The third kappa shape index (κ3) is 5.78. The van der Waals surface area contributed by atoms with E-state index in [1.807, 2.05) is 0 Å². The lowest BCUT2D eigenvalue weighted by Crippen LogP contribution is -2.47. The summed E-state index contributed by atoms with van der Waals surface area (Å²) in [5, 5.41) is 21.4. The molecule has 0 bridgehead atoms. The highest BCUT2D eigenvalue weighted by Gasteiger charge is 2.25. The van der Waals surface area contributed by atoms with E-state index in [2.05, 4.69) is 10.2 Å². The molecule has 1 heterocycles. The van der Waals surface area contributed by atoms with Gasteiger partial charge >= 0.3 is 7.12 Å². The minimum Gasteiger partial charge on any atom is -0.423 e. The van der Waals surface area contributed by atoms with Crippen molar-refractivity contribution in [2.75, 3.05) is 32.7 Å². The van der Waals surface area contributed by atoms with Gasteiger partial charge in [0.05, 0.1) is 13.4 Å². The molecule has 0 aliphatic carbocycles. The van der Waals surface area contributed by atoms with Crippen molar-refractivity contribution in [2.24, 2.45) is 0 Å². The molecule has 1 saturated heterocycles. The second-order valence-electron chi connectivity index (χ2n) is 6.94. The number of aldehydes is 1. The van der Waals surface area contributed by atoms with E-state index in [1.165, 1.54) is 18.2 Å². The molecule has 1 aliphatic rings. The van der Waals surface area contributed by atoms with Crippen molar-refractivity contribution < 1.29 is 24.2 Å². The van der Waals surface area contributed by atoms with Crippen LogP contribution in [-0.2, 0) is 4.57 Å². The second-order valence-corrected chi connectivity index (χ2v) is 10.4. The Bertz CT molecular complexity index is 691. The molecule has 1 aromatic carbocycles. The van der Waals surface area contributed by atoms with Crippen LogP contribution in [0.25, 0.3) is 0 Å². The van der Waals surface area contributed by atoms with Gasteiger partial charge < -0.3 is 19.9 Å². The molecule has 1 fully saturated rings. The number of likely N-dealkylation sites (tertiary alicyclic amines) is 1. The van der Waals surface area contributed by atoms with Gasteiger partial charge in [-0.25, -0.2) is 0 Å². The fourth-order valence-corrected chi connectivity index (χ4v) is 4.33. The topological polar surface area (TPSA) is 107 Å². The van der Waals surface area contributed by atoms with Crippen molar-refractivity contribution in [3.8, 4) is 0 Å². The highest BCUT2D eigenvalue weighted by molar-refractivity contribution is 7.62. The lowest BCUT2D eigenvalue weighted by molar-refractivity contribution is 0.0910. The Balaban J connectivity index is 2.04. The zero-order valence-electron chi connectivity index (χ0n) is 14.5. The number of hydrogen-bond donors (Lipinski definition) is 3. The average Bonchev–Trinajstić information content (AvgIpc) is 2.52. The Morgan fingerprint density at radius 3 is 2.76 bits per heavy atom. The molecule has 25 heavy (non-hydrogen) atoms. The fourth-order valence-electron chi connectivity index (χ4n) is 3.11. The summed E-state index contributed by atoms with van der Waals surface area (Å²) in [7, 11) is -3.91. The van der Waals surface area contributed by atoms with Crippen molar-refractivity contribution in [1.29, 1.82) is 0 Å². The minimum absolute atomic E-state index is 0.0458. The summed E-state index contributed by atoms with van der Waals surface area (Å²) in [6.07, 6.45) is 2.79. The lowest BCUT2D eigenvalue weighted by Gasteiger charge is -2.34. The molecular formula is C16H24BN2O5P. The predicted molar refractivity (Wildman–Crippen MR) is 98.0 cm³/mol. The van der Waals surface area contributed by atoms with Gasteiger partial charge in [0.2, 0.25) is 0 Å². The third-order valence-electron chi connectivity index (χ3n) is 4.14. The highest BCUT2D eigenvalue weighted by atomic mass is 31.2. The Hall–Kier alpha value is -1.47. The fraction of sp³-hybridized carbons (Fsp3) is 0.500. The van der Waals surface area contributed by atoms with E-state index in [-0.39, 0.29) is 23.0 Å². The molecule has 136 valence electrons. The number of hydrogen-bond acceptors (Lipinski definition) is 6. The molecule has 3 N–H and O–H groups in total. The zero-order valence-corrected chi connectivity index (χ0v) is 15.4. The van der Waals surface area contributed by atoms with E-state index in [0.717, 1.165) is 19.4 Å². The van der Waals surface area contributed by atoms with Crippen LogP contribution in [0.3, 0.4) is 0 Å². The Morgan fingerprint density at radius 2 is 2.16 bits per heavy atom. The molecule has 0 spiro atoms. The number of nitrogens with one attached hydrogen (secondary N) is 1. The minimum atomic E-state index is -2.15. The molecule has 0 saturated carbocycles. The number of piperidine rings is 1. The van der Waals surface area contributed by atoms with Crippen LogP contribution in [0.2, 0.25) is 0 Å². The summed E-state index contributed by atoms with van der Waals surface area (Å²) in [6.45, 7) is 5.03.